The highest BCUT2D eigenvalue weighted by atomic mass is 127. The Morgan fingerprint density at radius 3 is 2.20 bits per heavy atom. The molecule has 2 N–H and O–H groups in total. The van der Waals surface area contributed by atoms with Crippen molar-refractivity contribution < 1.29 is 18.9 Å². The summed E-state index contributed by atoms with van der Waals surface area (Å²) in [7, 11) is 6.49. The molecule has 0 aliphatic rings. The van der Waals surface area contributed by atoms with E-state index in [0.29, 0.717) is 41.3 Å². The van der Waals surface area contributed by atoms with Gasteiger partial charge in [-0.1, -0.05) is 11.6 Å². The molecular formula is C21H29ClIN3O4. The first-order chi connectivity index (χ1) is 14.0. The molecule has 166 valence electrons. The fourth-order valence-corrected chi connectivity index (χ4v) is 2.86. The van der Waals surface area contributed by atoms with Crippen LogP contribution in [-0.2, 0) is 6.54 Å². The minimum Gasteiger partial charge on any atom is -0.493 e. The fraction of sp³-hybridized carbons (Fsp3) is 0.381. The molecule has 2 aromatic carbocycles. The summed E-state index contributed by atoms with van der Waals surface area (Å²) in [6.07, 6.45) is -0.0645. The maximum absolute atomic E-state index is 5.90. The van der Waals surface area contributed by atoms with Crippen LogP contribution in [0.3, 0.4) is 0 Å². The van der Waals surface area contributed by atoms with Crippen molar-refractivity contribution in [1.82, 2.24) is 10.6 Å². The lowest BCUT2D eigenvalue weighted by molar-refractivity contribution is 0.224. The van der Waals surface area contributed by atoms with Crippen LogP contribution in [0, 0.1) is 0 Å². The lowest BCUT2D eigenvalue weighted by Crippen LogP contribution is -2.41. The Kier molecular flexibility index (Phi) is 11.5. The van der Waals surface area contributed by atoms with Gasteiger partial charge < -0.3 is 29.6 Å². The van der Waals surface area contributed by atoms with Gasteiger partial charge in [0.15, 0.2) is 17.5 Å². The SMILES string of the molecule is CN=C(NCc1ccc(OC)c(OC)c1OC)NCC(C)Oc1ccc(Cl)cc1.I. The van der Waals surface area contributed by atoms with E-state index in [9.17, 15) is 0 Å². The number of aliphatic imine (C=N–C) groups is 1. The van der Waals surface area contributed by atoms with Crippen LogP contribution in [-0.4, -0.2) is 47.0 Å². The lowest BCUT2D eigenvalue weighted by atomic mass is 10.1. The van der Waals surface area contributed by atoms with Crippen LogP contribution in [0.15, 0.2) is 41.4 Å². The van der Waals surface area contributed by atoms with E-state index < -0.39 is 0 Å². The summed E-state index contributed by atoms with van der Waals surface area (Å²) in [6.45, 7) is 3.05. The van der Waals surface area contributed by atoms with E-state index in [1.54, 1.807) is 40.5 Å². The van der Waals surface area contributed by atoms with Crippen LogP contribution in [0.2, 0.25) is 5.02 Å². The highest BCUT2D eigenvalue weighted by Crippen LogP contribution is 2.39. The third kappa shape index (κ3) is 7.32. The summed E-state index contributed by atoms with van der Waals surface area (Å²) in [5.74, 6) is 3.20. The highest BCUT2D eigenvalue weighted by molar-refractivity contribution is 14.0. The van der Waals surface area contributed by atoms with Gasteiger partial charge in [0.2, 0.25) is 5.75 Å². The lowest BCUT2D eigenvalue weighted by Gasteiger charge is -2.19. The van der Waals surface area contributed by atoms with Crippen LogP contribution < -0.4 is 29.6 Å². The minimum atomic E-state index is -0.0645. The van der Waals surface area contributed by atoms with Crippen LogP contribution in [0.4, 0.5) is 0 Å². The number of hydrogen-bond acceptors (Lipinski definition) is 5. The molecule has 0 radical (unpaired) electrons. The predicted molar refractivity (Wildman–Crippen MR) is 131 cm³/mol. The monoisotopic (exact) mass is 549 g/mol. The van der Waals surface area contributed by atoms with Gasteiger partial charge >= 0.3 is 0 Å². The number of halogens is 2. The van der Waals surface area contributed by atoms with E-state index in [0.717, 1.165) is 11.3 Å². The Morgan fingerprint density at radius 2 is 1.63 bits per heavy atom. The molecule has 0 bridgehead atoms. The van der Waals surface area contributed by atoms with Gasteiger partial charge in [0, 0.05) is 24.2 Å². The van der Waals surface area contributed by atoms with Crippen molar-refractivity contribution >= 4 is 41.5 Å². The molecule has 0 heterocycles. The zero-order chi connectivity index (χ0) is 21.2. The van der Waals surface area contributed by atoms with Crippen LogP contribution >= 0.6 is 35.6 Å². The molecule has 0 spiro atoms. The van der Waals surface area contributed by atoms with Gasteiger partial charge in [-0.25, -0.2) is 0 Å². The van der Waals surface area contributed by atoms with E-state index in [4.69, 9.17) is 30.5 Å². The van der Waals surface area contributed by atoms with E-state index in [-0.39, 0.29) is 30.1 Å². The minimum absolute atomic E-state index is 0. The number of methoxy groups -OCH3 is 3. The number of ether oxygens (including phenoxy) is 4. The fourth-order valence-electron chi connectivity index (χ4n) is 2.73. The smallest absolute Gasteiger partial charge is 0.203 e. The third-order valence-electron chi connectivity index (χ3n) is 4.16. The van der Waals surface area contributed by atoms with Crippen LogP contribution in [0.25, 0.3) is 0 Å². The molecule has 0 saturated heterocycles. The zero-order valence-corrected chi connectivity index (χ0v) is 20.9. The first kappa shape index (κ1) is 26.0. The van der Waals surface area contributed by atoms with Crippen LogP contribution in [0.1, 0.15) is 12.5 Å². The van der Waals surface area contributed by atoms with E-state index in [2.05, 4.69) is 15.6 Å². The van der Waals surface area contributed by atoms with Gasteiger partial charge in [0.1, 0.15) is 11.9 Å². The average molecular weight is 550 g/mol. The van der Waals surface area contributed by atoms with Crippen molar-refractivity contribution in [2.24, 2.45) is 4.99 Å². The molecule has 0 fully saturated rings. The van der Waals surface area contributed by atoms with Crippen molar-refractivity contribution in [1.29, 1.82) is 0 Å². The molecule has 2 aromatic rings. The molecule has 0 aliphatic heterocycles. The first-order valence-corrected chi connectivity index (χ1v) is 9.54. The second kappa shape index (κ2) is 13.3. The molecule has 0 aromatic heterocycles. The van der Waals surface area contributed by atoms with Crippen LogP contribution in [0.5, 0.6) is 23.0 Å². The van der Waals surface area contributed by atoms with Crippen molar-refractivity contribution in [3.8, 4) is 23.0 Å². The molecule has 0 amide bonds. The number of rotatable bonds is 9. The predicted octanol–water partition coefficient (Wildman–Crippen LogP) is 4.12. The molecule has 2 rings (SSSR count). The Hall–Kier alpha value is -2.07. The standard InChI is InChI=1S/C21H28ClN3O4.HI/c1-14(29-17-9-7-16(22)8-10-17)12-24-21(23-2)25-13-15-6-11-18(26-3)20(28-5)19(15)27-4;/h6-11,14H,12-13H2,1-5H3,(H2,23,24,25);1H. The quantitative estimate of drug-likeness (QED) is 0.279. The van der Waals surface area contributed by atoms with Crippen molar-refractivity contribution in [2.45, 2.75) is 19.6 Å². The normalized spacial score (nSPS) is 11.7. The number of nitrogens with zero attached hydrogens (tertiary/aromatic N) is 1. The zero-order valence-electron chi connectivity index (χ0n) is 17.8. The summed E-state index contributed by atoms with van der Waals surface area (Å²) >= 11 is 5.90. The van der Waals surface area contributed by atoms with Crippen molar-refractivity contribution in [2.75, 3.05) is 34.9 Å². The van der Waals surface area contributed by atoms with Gasteiger partial charge in [0.25, 0.3) is 0 Å². The summed E-state index contributed by atoms with van der Waals surface area (Å²) < 4.78 is 22.1. The highest BCUT2D eigenvalue weighted by Gasteiger charge is 2.16. The van der Waals surface area contributed by atoms with Gasteiger partial charge in [0.05, 0.1) is 27.9 Å². The van der Waals surface area contributed by atoms with Gasteiger partial charge in [-0.15, -0.1) is 24.0 Å². The summed E-state index contributed by atoms with van der Waals surface area (Å²) in [5.41, 5.74) is 0.915. The van der Waals surface area contributed by atoms with E-state index in [1.807, 2.05) is 31.2 Å². The number of benzene rings is 2. The van der Waals surface area contributed by atoms with E-state index in [1.165, 1.54) is 0 Å². The maximum Gasteiger partial charge on any atom is 0.203 e. The Balaban J connectivity index is 0.00000450. The second-order valence-electron chi connectivity index (χ2n) is 6.18. The number of nitrogens with one attached hydrogen (secondary N) is 2. The summed E-state index contributed by atoms with van der Waals surface area (Å²) in [6, 6.07) is 11.1. The van der Waals surface area contributed by atoms with Crippen molar-refractivity contribution in [3.63, 3.8) is 0 Å². The number of hydrogen-bond donors (Lipinski definition) is 2. The third-order valence-corrected chi connectivity index (χ3v) is 4.42. The average Bonchev–Trinajstić information content (AvgIpc) is 2.74. The van der Waals surface area contributed by atoms with Gasteiger partial charge in [-0.05, 0) is 43.3 Å². The molecule has 1 unspecified atom stereocenters. The van der Waals surface area contributed by atoms with Gasteiger partial charge in [-0.3, -0.25) is 4.99 Å². The van der Waals surface area contributed by atoms with Gasteiger partial charge in [-0.2, -0.15) is 0 Å². The topological polar surface area (TPSA) is 73.3 Å². The maximum atomic E-state index is 5.90. The molecule has 0 saturated carbocycles. The largest absolute Gasteiger partial charge is 0.493 e. The first-order valence-electron chi connectivity index (χ1n) is 9.17. The molecule has 7 nitrogen and oxygen atoms in total. The molecule has 1 atom stereocenters. The summed E-state index contributed by atoms with van der Waals surface area (Å²) in [5, 5.41) is 7.20. The number of guanidine groups is 1. The Labute approximate surface area is 200 Å². The van der Waals surface area contributed by atoms with Crippen molar-refractivity contribution in [3.05, 3.63) is 47.0 Å². The van der Waals surface area contributed by atoms with E-state index >= 15 is 0 Å². The molecule has 9 heteroatoms. The molecule has 0 aliphatic carbocycles. The summed E-state index contributed by atoms with van der Waals surface area (Å²) in [4.78, 5) is 4.25. The second-order valence-corrected chi connectivity index (χ2v) is 6.62. The Morgan fingerprint density at radius 1 is 0.967 bits per heavy atom. The molecule has 30 heavy (non-hydrogen) atoms. The Bertz CT molecular complexity index is 819. The molecular weight excluding hydrogens is 521 g/mol.